The molecule has 0 saturated carbocycles. The van der Waals surface area contributed by atoms with Gasteiger partial charge in [-0.3, -0.25) is 14.3 Å². The molecule has 2 N–H and O–H groups in total. The van der Waals surface area contributed by atoms with Gasteiger partial charge >= 0.3 is 5.97 Å². The quantitative estimate of drug-likeness (QED) is 0.164. The monoisotopic (exact) mass is 725 g/mol. The van der Waals surface area contributed by atoms with Crippen LogP contribution in [0.25, 0.3) is 0 Å². The van der Waals surface area contributed by atoms with E-state index >= 15 is 0 Å². The van der Waals surface area contributed by atoms with Gasteiger partial charge < -0.3 is 33.9 Å². The molecule has 0 aliphatic carbocycles. The standard InChI is InChI=1S/C37H60ClN3O9/c1-8-32-28(22-48-37-36(47-7)35(46-6)34(45)26(5)49-37)17-23(2)12-13-30(42)24(3)18-27(19-25(4)31(43)20-33(44)50-32)14-16-41-21-29(39-40-41)11-9-10-15-38/h12-13,17,21,24-28,31-32,34-37,43,45H,8-11,14-16,18-20,22H2,1-7H3/b13-12+,23-17+/t24-,25-,26?,27+,28-,31-,32-,34?,35?,36?,37?/m1/s1. The number of hydrogen-bond donors (Lipinski definition) is 2. The summed E-state index contributed by atoms with van der Waals surface area (Å²) in [4.78, 5) is 26.6. The molecule has 3 rings (SSSR count). The summed E-state index contributed by atoms with van der Waals surface area (Å²) in [6.07, 6.45) is 7.27. The molecular formula is C37H60ClN3O9. The first-order valence-corrected chi connectivity index (χ1v) is 18.7. The van der Waals surface area contributed by atoms with E-state index in [4.69, 9.17) is 35.3 Å². The van der Waals surface area contributed by atoms with Crippen molar-refractivity contribution in [2.45, 2.75) is 135 Å². The number of alkyl halides is 1. The number of hydrogen-bond acceptors (Lipinski definition) is 11. The average Bonchev–Trinajstić information content (AvgIpc) is 3.55. The third kappa shape index (κ3) is 12.8. The molecule has 3 heterocycles. The van der Waals surface area contributed by atoms with Crippen LogP contribution < -0.4 is 0 Å². The van der Waals surface area contributed by atoms with E-state index in [1.165, 1.54) is 14.2 Å². The van der Waals surface area contributed by atoms with E-state index in [0.717, 1.165) is 37.0 Å². The minimum atomic E-state index is -0.912. The minimum Gasteiger partial charge on any atom is -0.462 e. The number of ether oxygens (including phenoxy) is 5. The van der Waals surface area contributed by atoms with Crippen LogP contribution in [0, 0.1) is 23.7 Å². The highest BCUT2D eigenvalue weighted by Gasteiger charge is 2.45. The number of aliphatic hydroxyl groups excluding tert-OH is 2. The van der Waals surface area contributed by atoms with Gasteiger partial charge in [0.15, 0.2) is 12.1 Å². The molecule has 1 saturated heterocycles. The summed E-state index contributed by atoms with van der Waals surface area (Å²) in [5.74, 6) is -0.580. The van der Waals surface area contributed by atoms with Crippen LogP contribution in [0.3, 0.4) is 0 Å². The second-order valence-corrected chi connectivity index (χ2v) is 14.5. The zero-order valence-corrected chi connectivity index (χ0v) is 31.7. The zero-order valence-electron chi connectivity index (χ0n) is 30.9. The average molecular weight is 726 g/mol. The van der Waals surface area contributed by atoms with Crippen LogP contribution in [0.1, 0.15) is 85.3 Å². The van der Waals surface area contributed by atoms with Crippen LogP contribution >= 0.6 is 11.6 Å². The Kier molecular flexibility index (Phi) is 18.0. The van der Waals surface area contributed by atoms with E-state index in [0.29, 0.717) is 31.7 Å². The number of rotatable bonds is 13. The van der Waals surface area contributed by atoms with E-state index < -0.39 is 54.8 Å². The molecule has 1 aromatic rings. The number of unbranched alkanes of at least 4 members (excludes halogenated alkanes) is 1. The molecule has 5 unspecified atom stereocenters. The number of cyclic esters (lactones) is 1. The third-order valence-corrected chi connectivity index (χ3v) is 10.3. The molecular weight excluding hydrogens is 666 g/mol. The van der Waals surface area contributed by atoms with E-state index in [1.54, 1.807) is 19.1 Å². The van der Waals surface area contributed by atoms with Gasteiger partial charge in [0.05, 0.1) is 30.9 Å². The summed E-state index contributed by atoms with van der Waals surface area (Å²) in [7, 11) is 3.00. The number of aliphatic hydroxyl groups is 2. The van der Waals surface area contributed by atoms with Crippen LogP contribution in [-0.2, 0) is 46.2 Å². The highest BCUT2D eigenvalue weighted by molar-refractivity contribution is 6.17. The van der Waals surface area contributed by atoms with Crippen molar-refractivity contribution in [3.05, 3.63) is 35.7 Å². The second-order valence-electron chi connectivity index (χ2n) is 14.1. The largest absolute Gasteiger partial charge is 0.462 e. The molecule has 0 aromatic carbocycles. The highest BCUT2D eigenvalue weighted by Crippen LogP contribution is 2.30. The predicted molar refractivity (Wildman–Crippen MR) is 189 cm³/mol. The van der Waals surface area contributed by atoms with Gasteiger partial charge in [0.25, 0.3) is 0 Å². The van der Waals surface area contributed by atoms with E-state index in [9.17, 15) is 19.8 Å². The molecule has 12 nitrogen and oxygen atoms in total. The molecule has 13 heteroatoms. The van der Waals surface area contributed by atoms with Crippen molar-refractivity contribution in [2.24, 2.45) is 23.7 Å². The van der Waals surface area contributed by atoms with Gasteiger partial charge in [-0.2, -0.15) is 0 Å². The first-order valence-electron chi connectivity index (χ1n) is 18.1. The van der Waals surface area contributed by atoms with Crippen molar-refractivity contribution in [3.8, 4) is 0 Å². The fourth-order valence-corrected chi connectivity index (χ4v) is 7.04. The van der Waals surface area contributed by atoms with Crippen molar-refractivity contribution in [1.82, 2.24) is 15.0 Å². The Morgan fingerprint density at radius 1 is 1.06 bits per heavy atom. The lowest BCUT2D eigenvalue weighted by Crippen LogP contribution is -2.59. The molecule has 0 bridgehead atoms. The Balaban J connectivity index is 1.79. The Morgan fingerprint density at radius 3 is 2.48 bits per heavy atom. The number of aromatic nitrogens is 3. The Bertz CT molecular complexity index is 1240. The molecule has 11 atom stereocenters. The number of methoxy groups -OCH3 is 2. The van der Waals surface area contributed by atoms with Crippen molar-refractivity contribution in [3.63, 3.8) is 0 Å². The van der Waals surface area contributed by atoms with Gasteiger partial charge in [0.1, 0.15) is 24.4 Å². The maximum atomic E-state index is 13.4. The minimum absolute atomic E-state index is 0.0216. The number of aryl methyl sites for hydroxylation is 2. The summed E-state index contributed by atoms with van der Waals surface area (Å²) in [6, 6.07) is 0. The van der Waals surface area contributed by atoms with Gasteiger partial charge in [-0.05, 0) is 76.7 Å². The first kappa shape index (κ1) is 42.2. The zero-order chi connectivity index (χ0) is 36.8. The number of carbonyl (C=O) groups is 2. The summed E-state index contributed by atoms with van der Waals surface area (Å²) in [5.41, 5.74) is 1.74. The Morgan fingerprint density at radius 2 is 1.80 bits per heavy atom. The summed E-state index contributed by atoms with van der Waals surface area (Å²) < 4.78 is 31.1. The second kappa shape index (κ2) is 21.4. The van der Waals surface area contributed by atoms with Crippen molar-refractivity contribution < 1.29 is 43.5 Å². The Hall–Kier alpha value is -2.19. The van der Waals surface area contributed by atoms with Crippen LogP contribution in [0.4, 0.5) is 0 Å². The van der Waals surface area contributed by atoms with Crippen LogP contribution in [-0.4, -0.2) is 107 Å². The summed E-state index contributed by atoms with van der Waals surface area (Å²) >= 11 is 5.81. The molecule has 0 amide bonds. The van der Waals surface area contributed by atoms with Crippen LogP contribution in [0.5, 0.6) is 0 Å². The fourth-order valence-electron chi connectivity index (χ4n) is 6.85. The number of allylic oxidation sites excluding steroid dienone is 3. The van der Waals surface area contributed by atoms with Crippen molar-refractivity contribution in [1.29, 1.82) is 0 Å². The van der Waals surface area contributed by atoms with Crippen molar-refractivity contribution >= 4 is 23.4 Å². The predicted octanol–water partition coefficient (Wildman–Crippen LogP) is 4.82. The number of esters is 1. The molecule has 284 valence electrons. The summed E-state index contributed by atoms with van der Waals surface area (Å²) in [5, 5.41) is 30.3. The highest BCUT2D eigenvalue weighted by atomic mass is 35.5. The normalized spacial score (nSPS) is 35.3. The molecule has 1 aromatic heterocycles. The maximum absolute atomic E-state index is 13.4. The summed E-state index contributed by atoms with van der Waals surface area (Å²) in [6.45, 7) is 10.2. The molecule has 1 fully saturated rings. The van der Waals surface area contributed by atoms with Gasteiger partial charge in [-0.25, -0.2) is 0 Å². The van der Waals surface area contributed by atoms with Gasteiger partial charge in [0.2, 0.25) is 0 Å². The first-order chi connectivity index (χ1) is 23.9. The molecule has 0 radical (unpaired) electrons. The topological polar surface area (TPSA) is 151 Å². The van der Waals surface area contributed by atoms with E-state index in [-0.39, 0.29) is 36.6 Å². The molecule has 50 heavy (non-hydrogen) atoms. The number of halogens is 1. The van der Waals surface area contributed by atoms with Crippen LogP contribution in [0.15, 0.2) is 30.0 Å². The molecule has 2 aliphatic heterocycles. The Labute approximate surface area is 302 Å². The van der Waals surface area contributed by atoms with E-state index in [2.05, 4.69) is 10.3 Å². The SMILES string of the molecule is CC[C@H]1OC(=O)C[C@@H](O)[C@H](C)C[C@@H](CCn2cc(CCCCCl)nn2)C[C@@H](C)C(=O)/C=C/C(C)=C/[C@@H]1COC1OC(C)C(O)C(OC)C1OC. The third-order valence-electron chi connectivity index (χ3n) is 9.99. The number of carbonyl (C=O) groups excluding carboxylic acids is 2. The fraction of sp³-hybridized carbons (Fsp3) is 0.784. The number of ketones is 1. The van der Waals surface area contributed by atoms with Crippen LogP contribution in [0.2, 0.25) is 0 Å². The maximum Gasteiger partial charge on any atom is 0.308 e. The lowest BCUT2D eigenvalue weighted by atomic mass is 9.82. The number of nitrogens with zero attached hydrogens (tertiary/aromatic N) is 3. The van der Waals surface area contributed by atoms with Gasteiger partial charge in [0, 0.05) is 44.7 Å². The lowest BCUT2D eigenvalue weighted by molar-refractivity contribution is -0.304. The smallest absolute Gasteiger partial charge is 0.308 e. The van der Waals surface area contributed by atoms with Crippen molar-refractivity contribution in [2.75, 3.05) is 26.7 Å². The van der Waals surface area contributed by atoms with E-state index in [1.807, 2.05) is 44.6 Å². The molecule has 2 aliphatic rings. The lowest BCUT2D eigenvalue weighted by Gasteiger charge is -2.42. The van der Waals surface area contributed by atoms with Gasteiger partial charge in [-0.1, -0.05) is 43.7 Å². The van der Waals surface area contributed by atoms with Gasteiger partial charge in [-0.15, -0.1) is 16.7 Å². The molecule has 0 spiro atoms.